The second-order valence-electron chi connectivity index (χ2n) is 7.71. The molecule has 4 nitrogen and oxygen atoms in total. The molecule has 0 radical (unpaired) electrons. The summed E-state index contributed by atoms with van der Waals surface area (Å²) in [7, 11) is 0. The minimum atomic E-state index is -0.832. The summed E-state index contributed by atoms with van der Waals surface area (Å²) in [5, 5.41) is 10.7. The predicted molar refractivity (Wildman–Crippen MR) is 100 cm³/mol. The van der Waals surface area contributed by atoms with Crippen molar-refractivity contribution >= 4 is 11.6 Å². The van der Waals surface area contributed by atoms with Crippen molar-refractivity contribution in [2.75, 3.05) is 6.61 Å². The van der Waals surface area contributed by atoms with Gasteiger partial charge in [0.1, 0.15) is 18.1 Å². The fourth-order valence-corrected chi connectivity index (χ4v) is 4.34. The SMILES string of the molecule is C/C=C/C1=CC2=C(CO1)C(=O)[C@]1(C)CC(=O)[C@H](C(O)CCCCC)C1=C2. The van der Waals surface area contributed by atoms with Crippen LogP contribution in [-0.4, -0.2) is 29.4 Å². The Balaban J connectivity index is 1.96. The number of aliphatic hydroxyl groups is 1. The largest absolute Gasteiger partial charge is 0.489 e. The molecule has 1 fully saturated rings. The van der Waals surface area contributed by atoms with Crippen LogP contribution in [0.3, 0.4) is 0 Å². The van der Waals surface area contributed by atoms with Crippen LogP contribution in [0.4, 0.5) is 0 Å². The molecule has 140 valence electrons. The van der Waals surface area contributed by atoms with E-state index in [1.165, 1.54) is 0 Å². The average Bonchev–Trinajstić information content (AvgIpc) is 2.86. The quantitative estimate of drug-likeness (QED) is 0.735. The summed E-state index contributed by atoms with van der Waals surface area (Å²) in [6.07, 6.45) is 10.6. The molecule has 1 saturated carbocycles. The van der Waals surface area contributed by atoms with E-state index in [0.717, 1.165) is 30.4 Å². The number of fused-ring (bicyclic) bond motifs is 1. The number of hydrogen-bond acceptors (Lipinski definition) is 4. The van der Waals surface area contributed by atoms with Gasteiger partial charge in [-0.2, -0.15) is 0 Å². The Kier molecular flexibility index (Phi) is 5.33. The van der Waals surface area contributed by atoms with Crippen LogP contribution in [0, 0.1) is 11.3 Å². The van der Waals surface area contributed by atoms with Crippen LogP contribution in [0.2, 0.25) is 0 Å². The van der Waals surface area contributed by atoms with E-state index >= 15 is 0 Å². The summed E-state index contributed by atoms with van der Waals surface area (Å²) in [6, 6.07) is 0. The molecule has 0 spiro atoms. The number of aliphatic hydroxyl groups excluding tert-OH is 1. The molecule has 1 aliphatic heterocycles. The van der Waals surface area contributed by atoms with Gasteiger partial charge in [0, 0.05) is 12.0 Å². The zero-order valence-electron chi connectivity index (χ0n) is 15.9. The van der Waals surface area contributed by atoms with Crippen molar-refractivity contribution in [1.29, 1.82) is 0 Å². The molecule has 3 atom stereocenters. The van der Waals surface area contributed by atoms with E-state index in [0.29, 0.717) is 17.8 Å². The van der Waals surface area contributed by atoms with Crippen LogP contribution in [-0.2, 0) is 14.3 Å². The lowest BCUT2D eigenvalue weighted by atomic mass is 9.70. The van der Waals surface area contributed by atoms with Crippen LogP contribution in [0.15, 0.2) is 46.8 Å². The normalized spacial score (nSPS) is 29.3. The molecule has 1 N–H and O–H groups in total. The third-order valence-electron chi connectivity index (χ3n) is 5.78. The first kappa shape index (κ1) is 18.8. The Labute approximate surface area is 155 Å². The highest BCUT2D eigenvalue weighted by molar-refractivity contribution is 6.11. The van der Waals surface area contributed by atoms with Crippen LogP contribution in [0.25, 0.3) is 0 Å². The highest BCUT2D eigenvalue weighted by Crippen LogP contribution is 2.51. The maximum Gasteiger partial charge on any atom is 0.173 e. The molecular weight excluding hydrogens is 328 g/mol. The van der Waals surface area contributed by atoms with Gasteiger partial charge in [0.2, 0.25) is 0 Å². The number of hydrogen-bond donors (Lipinski definition) is 1. The molecule has 0 bridgehead atoms. The van der Waals surface area contributed by atoms with Crippen molar-refractivity contribution in [3.05, 3.63) is 46.8 Å². The van der Waals surface area contributed by atoms with E-state index in [-0.39, 0.29) is 24.6 Å². The van der Waals surface area contributed by atoms with Gasteiger partial charge in [-0.25, -0.2) is 0 Å². The molecular formula is C22H28O4. The van der Waals surface area contributed by atoms with Crippen molar-refractivity contribution in [2.45, 2.75) is 59.0 Å². The van der Waals surface area contributed by atoms with E-state index < -0.39 is 17.4 Å². The molecule has 0 aromatic carbocycles. The third-order valence-corrected chi connectivity index (χ3v) is 5.78. The van der Waals surface area contributed by atoms with Gasteiger partial charge in [-0.1, -0.05) is 38.3 Å². The molecule has 1 heterocycles. The smallest absolute Gasteiger partial charge is 0.173 e. The van der Waals surface area contributed by atoms with Gasteiger partial charge in [0.25, 0.3) is 0 Å². The van der Waals surface area contributed by atoms with Crippen LogP contribution in [0.1, 0.15) is 52.9 Å². The monoisotopic (exact) mass is 356 g/mol. The summed E-state index contributed by atoms with van der Waals surface area (Å²) >= 11 is 0. The number of ether oxygens (including phenoxy) is 1. The van der Waals surface area contributed by atoms with Gasteiger partial charge >= 0.3 is 0 Å². The first-order valence-corrected chi connectivity index (χ1v) is 9.60. The number of carbonyl (C=O) groups excluding carboxylic acids is 2. The Morgan fingerprint density at radius 2 is 2.12 bits per heavy atom. The molecule has 0 aromatic heterocycles. The van der Waals surface area contributed by atoms with Crippen LogP contribution >= 0.6 is 0 Å². The zero-order chi connectivity index (χ0) is 18.9. The summed E-state index contributed by atoms with van der Waals surface area (Å²) in [5.41, 5.74) is 1.41. The first-order valence-electron chi connectivity index (χ1n) is 9.60. The standard InChI is InChI=1S/C22H28O4/c1-4-6-7-9-18(23)20-17-11-14-10-15(8-5-2)26-13-16(14)21(25)22(17,3)12-19(20)24/h5,8,10-11,18,20,23H,4,6-7,9,12-13H2,1-3H3/b8-5+/t18?,20-,22+/m0/s1. The number of carbonyl (C=O) groups is 2. The van der Waals surface area contributed by atoms with E-state index in [4.69, 9.17) is 4.74 Å². The molecule has 0 saturated heterocycles. The molecule has 0 aromatic rings. The number of unbranched alkanes of at least 4 members (excludes halogenated alkanes) is 2. The fraction of sp³-hybridized carbons (Fsp3) is 0.545. The molecule has 1 unspecified atom stereocenters. The molecule has 2 aliphatic carbocycles. The van der Waals surface area contributed by atoms with E-state index in [1.54, 1.807) is 0 Å². The summed E-state index contributed by atoms with van der Waals surface area (Å²) < 4.78 is 5.65. The molecule has 0 amide bonds. The molecule has 26 heavy (non-hydrogen) atoms. The lowest BCUT2D eigenvalue weighted by molar-refractivity contribution is -0.127. The van der Waals surface area contributed by atoms with Crippen molar-refractivity contribution in [2.24, 2.45) is 11.3 Å². The minimum absolute atomic E-state index is 0.0190. The van der Waals surface area contributed by atoms with E-state index in [9.17, 15) is 14.7 Å². The van der Waals surface area contributed by atoms with E-state index in [1.807, 2.05) is 38.2 Å². The minimum Gasteiger partial charge on any atom is -0.489 e. The van der Waals surface area contributed by atoms with Gasteiger partial charge in [-0.3, -0.25) is 9.59 Å². The Morgan fingerprint density at radius 3 is 2.81 bits per heavy atom. The predicted octanol–water partition coefficient (Wildman–Crippen LogP) is 3.82. The van der Waals surface area contributed by atoms with Crippen molar-refractivity contribution in [1.82, 2.24) is 0 Å². The topological polar surface area (TPSA) is 63.6 Å². The van der Waals surface area contributed by atoms with Crippen LogP contribution < -0.4 is 0 Å². The maximum absolute atomic E-state index is 13.1. The summed E-state index contributed by atoms with van der Waals surface area (Å²) in [4.78, 5) is 25.9. The number of rotatable bonds is 6. The van der Waals surface area contributed by atoms with Crippen molar-refractivity contribution in [3.8, 4) is 0 Å². The number of allylic oxidation sites excluding steroid dienone is 5. The van der Waals surface area contributed by atoms with E-state index in [2.05, 4.69) is 6.92 Å². The molecule has 3 rings (SSSR count). The summed E-state index contributed by atoms with van der Waals surface area (Å²) in [6.45, 7) is 6.10. The number of ketones is 2. The number of Topliss-reactive ketones (excluding diaryl/α,β-unsaturated/α-hetero) is 2. The first-order chi connectivity index (χ1) is 12.4. The fourth-order valence-electron chi connectivity index (χ4n) is 4.34. The maximum atomic E-state index is 13.1. The van der Waals surface area contributed by atoms with Gasteiger partial charge in [-0.15, -0.1) is 0 Å². The Bertz CT molecular complexity index is 737. The Hall–Kier alpha value is -1.94. The van der Waals surface area contributed by atoms with Crippen molar-refractivity contribution < 1.29 is 19.4 Å². The van der Waals surface area contributed by atoms with Gasteiger partial charge in [0.05, 0.1) is 17.4 Å². The van der Waals surface area contributed by atoms with Gasteiger partial charge < -0.3 is 9.84 Å². The molecule has 4 heteroatoms. The highest BCUT2D eigenvalue weighted by atomic mass is 16.5. The third kappa shape index (κ3) is 3.11. The van der Waals surface area contributed by atoms with Gasteiger partial charge in [-0.05, 0) is 43.6 Å². The second-order valence-corrected chi connectivity index (χ2v) is 7.71. The highest BCUT2D eigenvalue weighted by Gasteiger charge is 2.55. The van der Waals surface area contributed by atoms with Gasteiger partial charge in [0.15, 0.2) is 5.78 Å². The lowest BCUT2D eigenvalue weighted by Gasteiger charge is -2.34. The average molecular weight is 356 g/mol. The van der Waals surface area contributed by atoms with Crippen LogP contribution in [0.5, 0.6) is 0 Å². The lowest BCUT2D eigenvalue weighted by Crippen LogP contribution is -2.36. The molecule has 3 aliphatic rings. The Morgan fingerprint density at radius 1 is 1.35 bits per heavy atom. The summed E-state index contributed by atoms with van der Waals surface area (Å²) in [5.74, 6) is 0.104. The van der Waals surface area contributed by atoms with Crippen molar-refractivity contribution in [3.63, 3.8) is 0 Å². The zero-order valence-corrected chi connectivity index (χ0v) is 15.9. The second kappa shape index (κ2) is 7.36.